The van der Waals surface area contributed by atoms with Gasteiger partial charge in [0.2, 0.25) is 5.91 Å². The Balaban J connectivity index is 0.00000196. The summed E-state index contributed by atoms with van der Waals surface area (Å²) in [5, 5.41) is 15.2. The van der Waals surface area contributed by atoms with Gasteiger partial charge in [0.1, 0.15) is 0 Å². The lowest BCUT2D eigenvalue weighted by Gasteiger charge is -2.13. The zero-order valence-corrected chi connectivity index (χ0v) is 10.5. The van der Waals surface area contributed by atoms with Crippen molar-refractivity contribution in [2.75, 3.05) is 18.2 Å². The molecule has 0 spiro atoms. The Kier molecular flexibility index (Phi) is 8.23. The van der Waals surface area contributed by atoms with Crippen LogP contribution in [0.4, 0.5) is 0 Å². The van der Waals surface area contributed by atoms with E-state index >= 15 is 0 Å². The van der Waals surface area contributed by atoms with E-state index in [1.165, 1.54) is 0 Å². The summed E-state index contributed by atoms with van der Waals surface area (Å²) in [6, 6.07) is -0.0752. The van der Waals surface area contributed by atoms with Gasteiger partial charge in [0.05, 0.1) is 12.1 Å². The Morgan fingerprint density at radius 2 is 2.47 bits per heavy atom. The molecule has 1 aliphatic heterocycles. The normalized spacial score (nSPS) is 21.9. The first-order valence-electron chi connectivity index (χ1n) is 5.01. The molecule has 1 unspecified atom stereocenters. The lowest BCUT2D eigenvalue weighted by molar-refractivity contribution is -0.122. The maximum atomic E-state index is 11.5. The summed E-state index contributed by atoms with van der Waals surface area (Å²) in [5.74, 6) is 1.68. The fourth-order valence-electron chi connectivity index (χ4n) is 1.34. The van der Waals surface area contributed by atoms with E-state index in [-0.39, 0.29) is 24.4 Å². The van der Waals surface area contributed by atoms with E-state index in [9.17, 15) is 9.90 Å². The van der Waals surface area contributed by atoms with Crippen molar-refractivity contribution in [3.05, 3.63) is 0 Å². The summed E-state index contributed by atoms with van der Waals surface area (Å²) < 4.78 is 0. The van der Waals surface area contributed by atoms with Crippen LogP contribution in [0.25, 0.3) is 0 Å². The molecule has 1 amide bonds. The second-order valence-electron chi connectivity index (χ2n) is 3.46. The van der Waals surface area contributed by atoms with Crippen LogP contribution in [-0.2, 0) is 4.79 Å². The van der Waals surface area contributed by atoms with Gasteiger partial charge < -0.3 is 10.4 Å². The number of amides is 1. The van der Waals surface area contributed by atoms with Crippen LogP contribution >= 0.6 is 24.2 Å². The van der Waals surface area contributed by atoms with Crippen LogP contribution in [0.2, 0.25) is 0 Å². The summed E-state index contributed by atoms with van der Waals surface area (Å²) in [5.41, 5.74) is 0. The summed E-state index contributed by atoms with van der Waals surface area (Å²) >= 11 is 1.72. The number of carbonyl (C=O) groups is 1. The number of carbonyl (C=O) groups excluding carboxylic acids is 1. The fourth-order valence-corrected chi connectivity index (χ4v) is 2.28. The molecule has 1 aliphatic rings. The second kappa shape index (κ2) is 8.21. The van der Waals surface area contributed by atoms with Gasteiger partial charge in [-0.05, 0) is 6.42 Å². The number of nitrogens with one attached hydrogen (secondary N) is 2. The number of aliphatic hydroxyl groups is 1. The molecule has 6 heteroatoms. The molecule has 0 aliphatic carbocycles. The molecular formula is C9H19ClN2O2S. The Hall–Kier alpha value is 0.0300. The monoisotopic (exact) mass is 254 g/mol. The van der Waals surface area contributed by atoms with Crippen molar-refractivity contribution in [2.24, 2.45) is 0 Å². The predicted octanol–water partition coefficient (Wildman–Crippen LogP) is 0.348. The smallest absolute Gasteiger partial charge is 0.238 e. The highest BCUT2D eigenvalue weighted by molar-refractivity contribution is 7.99. The third-order valence-corrected chi connectivity index (χ3v) is 3.11. The molecule has 1 rings (SSSR count). The molecule has 90 valence electrons. The molecule has 1 fully saturated rings. The summed E-state index contributed by atoms with van der Waals surface area (Å²) in [6.45, 7) is 2.38. The van der Waals surface area contributed by atoms with E-state index < -0.39 is 6.10 Å². The maximum Gasteiger partial charge on any atom is 0.238 e. The van der Waals surface area contributed by atoms with Crippen molar-refractivity contribution >= 4 is 30.1 Å². The molecule has 3 N–H and O–H groups in total. The number of aliphatic hydroxyl groups excluding tert-OH is 1. The van der Waals surface area contributed by atoms with Gasteiger partial charge in [-0.3, -0.25) is 10.1 Å². The Labute approximate surface area is 101 Å². The Morgan fingerprint density at radius 1 is 1.73 bits per heavy atom. The van der Waals surface area contributed by atoms with Crippen molar-refractivity contribution < 1.29 is 9.90 Å². The molecule has 0 radical (unpaired) electrons. The van der Waals surface area contributed by atoms with Gasteiger partial charge in [0.25, 0.3) is 0 Å². The quantitative estimate of drug-likeness (QED) is 0.663. The van der Waals surface area contributed by atoms with Crippen molar-refractivity contribution in [3.8, 4) is 0 Å². The lowest BCUT2D eigenvalue weighted by Crippen LogP contribution is -2.44. The Morgan fingerprint density at radius 3 is 3.00 bits per heavy atom. The highest BCUT2D eigenvalue weighted by Crippen LogP contribution is 2.09. The molecule has 15 heavy (non-hydrogen) atoms. The first-order valence-corrected chi connectivity index (χ1v) is 6.16. The van der Waals surface area contributed by atoms with Gasteiger partial charge >= 0.3 is 0 Å². The standard InChI is InChI=1S/C9H18N2O2S.ClH/c1-2-3-7(12)4-10-9(13)8-5-14-6-11-8;/h7-8,11-12H,2-6H2,1H3,(H,10,13);1H/t7?,8-;/m1./s1. The molecular weight excluding hydrogens is 236 g/mol. The highest BCUT2D eigenvalue weighted by Gasteiger charge is 2.22. The van der Waals surface area contributed by atoms with Crippen LogP contribution in [0.1, 0.15) is 19.8 Å². The minimum absolute atomic E-state index is 0. The molecule has 1 heterocycles. The summed E-state index contributed by atoms with van der Waals surface area (Å²) in [7, 11) is 0. The molecule has 0 aromatic rings. The van der Waals surface area contributed by atoms with Gasteiger partial charge in [-0.2, -0.15) is 0 Å². The van der Waals surface area contributed by atoms with Crippen molar-refractivity contribution in [2.45, 2.75) is 31.9 Å². The average Bonchev–Trinajstić information content (AvgIpc) is 2.67. The highest BCUT2D eigenvalue weighted by atomic mass is 35.5. The third-order valence-electron chi connectivity index (χ3n) is 2.17. The van der Waals surface area contributed by atoms with Crippen molar-refractivity contribution in [3.63, 3.8) is 0 Å². The maximum absolute atomic E-state index is 11.5. The molecule has 0 aromatic carbocycles. The van der Waals surface area contributed by atoms with Crippen LogP contribution in [-0.4, -0.2) is 41.3 Å². The fraction of sp³-hybridized carbons (Fsp3) is 0.889. The largest absolute Gasteiger partial charge is 0.391 e. The first-order chi connectivity index (χ1) is 6.74. The summed E-state index contributed by atoms with van der Waals surface area (Å²) in [6.07, 6.45) is 1.28. The molecule has 0 bridgehead atoms. The second-order valence-corrected chi connectivity index (χ2v) is 4.49. The molecule has 1 saturated heterocycles. The number of hydrogen-bond donors (Lipinski definition) is 3. The van der Waals surface area contributed by atoms with Crippen LogP contribution in [0.15, 0.2) is 0 Å². The van der Waals surface area contributed by atoms with Gasteiger partial charge in [0.15, 0.2) is 0 Å². The number of halogens is 1. The SMILES string of the molecule is CCCC(O)CNC(=O)[C@H]1CSCN1.Cl. The molecule has 0 aromatic heterocycles. The molecule has 4 nitrogen and oxygen atoms in total. The zero-order valence-electron chi connectivity index (χ0n) is 8.86. The van der Waals surface area contributed by atoms with Crippen LogP contribution in [0.5, 0.6) is 0 Å². The first kappa shape index (κ1) is 15.0. The van der Waals surface area contributed by atoms with Crippen LogP contribution < -0.4 is 10.6 Å². The minimum Gasteiger partial charge on any atom is -0.391 e. The van der Waals surface area contributed by atoms with Gasteiger partial charge in [-0.25, -0.2) is 0 Å². The lowest BCUT2D eigenvalue weighted by atomic mass is 10.2. The van der Waals surface area contributed by atoms with Gasteiger partial charge in [-0.1, -0.05) is 13.3 Å². The average molecular weight is 255 g/mol. The van der Waals surface area contributed by atoms with Gasteiger partial charge in [-0.15, -0.1) is 24.2 Å². The van der Waals surface area contributed by atoms with Crippen molar-refractivity contribution in [1.82, 2.24) is 10.6 Å². The predicted molar refractivity (Wildman–Crippen MR) is 65.4 cm³/mol. The zero-order chi connectivity index (χ0) is 10.4. The van der Waals surface area contributed by atoms with E-state index in [2.05, 4.69) is 10.6 Å². The van der Waals surface area contributed by atoms with E-state index in [1.54, 1.807) is 11.8 Å². The third kappa shape index (κ3) is 5.61. The van der Waals surface area contributed by atoms with Crippen LogP contribution in [0.3, 0.4) is 0 Å². The number of hydrogen-bond acceptors (Lipinski definition) is 4. The number of rotatable bonds is 5. The van der Waals surface area contributed by atoms with E-state index in [1.807, 2.05) is 6.92 Å². The minimum atomic E-state index is -0.405. The number of thioether (sulfide) groups is 1. The van der Waals surface area contributed by atoms with Gasteiger partial charge in [0, 0.05) is 18.2 Å². The summed E-state index contributed by atoms with van der Waals surface area (Å²) in [4.78, 5) is 11.5. The molecule has 2 atom stereocenters. The van der Waals surface area contributed by atoms with E-state index in [0.29, 0.717) is 6.54 Å². The van der Waals surface area contributed by atoms with E-state index in [0.717, 1.165) is 24.5 Å². The van der Waals surface area contributed by atoms with E-state index in [4.69, 9.17) is 0 Å². The van der Waals surface area contributed by atoms with Crippen molar-refractivity contribution in [1.29, 1.82) is 0 Å². The topological polar surface area (TPSA) is 61.4 Å². The van der Waals surface area contributed by atoms with Crippen LogP contribution in [0, 0.1) is 0 Å². The molecule has 0 saturated carbocycles. The Bertz CT molecular complexity index is 189.